The number of rotatable bonds is 7. The molecule has 3 unspecified atom stereocenters. The maximum absolute atomic E-state index is 12.9. The van der Waals surface area contributed by atoms with E-state index in [0.29, 0.717) is 30.7 Å². The minimum Gasteiger partial charge on any atom is -0.502 e. The van der Waals surface area contributed by atoms with E-state index in [-0.39, 0.29) is 23.7 Å². The van der Waals surface area contributed by atoms with Crippen molar-refractivity contribution in [2.24, 2.45) is 5.92 Å². The van der Waals surface area contributed by atoms with Gasteiger partial charge in [0, 0.05) is 43.4 Å². The van der Waals surface area contributed by atoms with E-state index in [1.807, 2.05) is 41.0 Å². The third kappa shape index (κ3) is 5.18. The lowest BCUT2D eigenvalue weighted by atomic mass is 9.83. The molecule has 2 aliphatic heterocycles. The molecule has 1 N–H and O–H groups in total. The second-order valence-electron chi connectivity index (χ2n) is 10.8. The first-order valence-corrected chi connectivity index (χ1v) is 13.2. The van der Waals surface area contributed by atoms with Crippen LogP contribution in [0.15, 0.2) is 62.5 Å². The summed E-state index contributed by atoms with van der Waals surface area (Å²) in [6.07, 6.45) is 0.954. The number of likely N-dealkylation sites (tertiary alicyclic amines) is 1. The highest BCUT2D eigenvalue weighted by Crippen LogP contribution is 2.37. The molecule has 0 radical (unpaired) electrons. The Labute approximate surface area is 221 Å². The first-order valence-electron chi connectivity index (χ1n) is 13.2. The molecule has 0 saturated carbocycles. The summed E-state index contributed by atoms with van der Waals surface area (Å²) in [5, 5.41) is 10.8. The van der Waals surface area contributed by atoms with Crippen LogP contribution < -0.4 is 11.0 Å². The minimum absolute atomic E-state index is 0.0397. The lowest BCUT2D eigenvalue weighted by Gasteiger charge is -2.42. The van der Waals surface area contributed by atoms with E-state index >= 15 is 0 Å². The van der Waals surface area contributed by atoms with Crippen molar-refractivity contribution in [2.45, 2.75) is 57.5 Å². The summed E-state index contributed by atoms with van der Waals surface area (Å²) in [4.78, 5) is 39.8. The van der Waals surface area contributed by atoms with Gasteiger partial charge in [-0.2, -0.15) is 0 Å². The predicted molar refractivity (Wildman–Crippen MR) is 142 cm³/mol. The maximum Gasteiger partial charge on any atom is 0.306 e. The summed E-state index contributed by atoms with van der Waals surface area (Å²) in [7, 11) is 1.31. The monoisotopic (exact) mass is 518 g/mol. The number of piperidine rings is 1. The van der Waals surface area contributed by atoms with Gasteiger partial charge >= 0.3 is 5.97 Å². The predicted octanol–water partition coefficient (Wildman–Crippen LogP) is 3.94. The molecule has 5 rings (SSSR count). The molecule has 8 nitrogen and oxygen atoms in total. The zero-order chi connectivity index (χ0) is 27.0. The zero-order valence-electron chi connectivity index (χ0n) is 22.1. The summed E-state index contributed by atoms with van der Waals surface area (Å²) in [6, 6.07) is 14.5. The molecule has 3 atom stereocenters. The molecule has 0 aliphatic carbocycles. The summed E-state index contributed by atoms with van der Waals surface area (Å²) < 4.78 is 13.0. The molecule has 3 aromatic rings. The maximum atomic E-state index is 12.9. The number of benzene rings is 1. The molecule has 2 aromatic heterocycles. The van der Waals surface area contributed by atoms with Gasteiger partial charge in [-0.05, 0) is 35.4 Å². The first-order chi connectivity index (χ1) is 18.2. The number of nitrogens with zero attached hydrogens (tertiary/aromatic N) is 2. The number of carbonyl (C=O) groups is 1. The minimum atomic E-state index is -0.671. The van der Waals surface area contributed by atoms with Gasteiger partial charge in [0.15, 0.2) is 5.76 Å². The fourth-order valence-corrected chi connectivity index (χ4v) is 5.94. The normalized spacial score (nSPS) is 19.7. The van der Waals surface area contributed by atoms with Gasteiger partial charge in [-0.15, -0.1) is 0 Å². The van der Waals surface area contributed by atoms with Gasteiger partial charge in [-0.25, -0.2) is 0 Å². The second-order valence-corrected chi connectivity index (χ2v) is 10.8. The Kier molecular flexibility index (Phi) is 7.25. The van der Waals surface area contributed by atoms with Crippen molar-refractivity contribution in [3.05, 3.63) is 97.4 Å². The quantitative estimate of drug-likeness (QED) is 0.473. The summed E-state index contributed by atoms with van der Waals surface area (Å²) in [5.74, 6) is -0.218. The number of hydrogen-bond acceptors (Lipinski definition) is 7. The van der Waals surface area contributed by atoms with E-state index in [1.165, 1.54) is 13.2 Å². The molecule has 0 amide bonds. The number of carbonyl (C=O) groups excluding carboxylic acids is 1. The van der Waals surface area contributed by atoms with E-state index in [1.54, 1.807) is 6.07 Å². The Balaban J connectivity index is 1.44. The summed E-state index contributed by atoms with van der Waals surface area (Å²) >= 11 is 0. The molecule has 2 bridgehead atoms. The van der Waals surface area contributed by atoms with Crippen molar-refractivity contribution in [3.8, 4) is 5.75 Å². The molecule has 1 fully saturated rings. The van der Waals surface area contributed by atoms with E-state index in [0.717, 1.165) is 36.3 Å². The molecule has 1 aromatic carbocycles. The highest BCUT2D eigenvalue weighted by Gasteiger charge is 2.35. The number of hydrogen-bond donors (Lipinski definition) is 1. The van der Waals surface area contributed by atoms with E-state index in [4.69, 9.17) is 9.15 Å². The number of esters is 1. The Morgan fingerprint density at radius 1 is 1.08 bits per heavy atom. The zero-order valence-corrected chi connectivity index (χ0v) is 22.1. The molecule has 8 heteroatoms. The summed E-state index contributed by atoms with van der Waals surface area (Å²) in [5.41, 5.74) is 2.45. The number of fused-ring (bicyclic) bond motifs is 4. The van der Waals surface area contributed by atoms with Crippen LogP contribution in [0.1, 0.15) is 72.8 Å². The number of ether oxygens (including phenoxy) is 1. The number of aromatic hydroxyl groups is 1. The van der Waals surface area contributed by atoms with Crippen LogP contribution in [0, 0.1) is 5.92 Å². The van der Waals surface area contributed by atoms with Crippen molar-refractivity contribution in [2.75, 3.05) is 20.2 Å². The van der Waals surface area contributed by atoms with E-state index in [2.05, 4.69) is 18.7 Å². The number of methoxy groups -OCH3 is 1. The van der Waals surface area contributed by atoms with E-state index < -0.39 is 23.1 Å². The van der Waals surface area contributed by atoms with Crippen molar-refractivity contribution in [1.82, 2.24) is 9.47 Å². The average molecular weight is 519 g/mol. The highest BCUT2D eigenvalue weighted by molar-refractivity contribution is 5.71. The van der Waals surface area contributed by atoms with E-state index in [9.17, 15) is 19.5 Å². The Hall–Kier alpha value is -3.65. The Morgan fingerprint density at radius 3 is 2.53 bits per heavy atom. The van der Waals surface area contributed by atoms with Crippen LogP contribution in [0.2, 0.25) is 0 Å². The lowest BCUT2D eigenvalue weighted by molar-refractivity contribution is -0.140. The first kappa shape index (κ1) is 26.0. The third-order valence-corrected chi connectivity index (χ3v) is 7.86. The highest BCUT2D eigenvalue weighted by atomic mass is 16.5. The smallest absolute Gasteiger partial charge is 0.306 e. The average Bonchev–Trinajstić information content (AvgIpc) is 2.90. The Bertz CT molecular complexity index is 1440. The van der Waals surface area contributed by atoms with Gasteiger partial charge in [-0.1, -0.05) is 44.2 Å². The van der Waals surface area contributed by atoms with Crippen LogP contribution in [0.25, 0.3) is 0 Å². The van der Waals surface area contributed by atoms with Crippen molar-refractivity contribution in [1.29, 1.82) is 0 Å². The molecule has 38 heavy (non-hydrogen) atoms. The Morgan fingerprint density at radius 2 is 1.82 bits per heavy atom. The second kappa shape index (κ2) is 10.6. The molecule has 200 valence electrons. The van der Waals surface area contributed by atoms with Gasteiger partial charge in [0.05, 0.1) is 26.0 Å². The molecular weight excluding hydrogens is 484 g/mol. The number of aromatic nitrogens is 1. The van der Waals surface area contributed by atoms with Gasteiger partial charge in [0.1, 0.15) is 5.76 Å². The van der Waals surface area contributed by atoms with Gasteiger partial charge < -0.3 is 18.8 Å². The van der Waals surface area contributed by atoms with Crippen LogP contribution in [-0.2, 0) is 22.6 Å². The molecular formula is C30H34N2O6. The fraction of sp³-hybridized carbons (Fsp3) is 0.433. The standard InChI is InChI=1S/C30H34N2O6/c1-18(2)20-7-9-21(10-8-20)24(13-28(35)37-3)30-29(36)26(33)12-23(38-30)17-31-14-19-11-22(16-31)25-5-4-6-27(34)32(25)15-19/h4-10,12,18-19,22,24,36H,11,13-17H2,1-3H3. The molecule has 1 saturated heterocycles. The van der Waals surface area contributed by atoms with Crippen LogP contribution >= 0.6 is 0 Å². The van der Waals surface area contributed by atoms with Crippen LogP contribution in [0.3, 0.4) is 0 Å². The SMILES string of the molecule is COC(=O)CC(c1ccc(C(C)C)cc1)c1oc(CN2CC3CC(C2)c2cccc(=O)n2C3)cc(=O)c1O. The molecule has 4 heterocycles. The van der Waals surface area contributed by atoms with Gasteiger partial charge in [-0.3, -0.25) is 19.3 Å². The van der Waals surface area contributed by atoms with Crippen LogP contribution in [-0.4, -0.2) is 40.7 Å². The summed E-state index contributed by atoms with van der Waals surface area (Å²) in [6.45, 7) is 6.79. The van der Waals surface area contributed by atoms with Crippen LogP contribution in [0.4, 0.5) is 0 Å². The van der Waals surface area contributed by atoms with Crippen molar-refractivity contribution < 1.29 is 19.1 Å². The lowest BCUT2D eigenvalue weighted by Crippen LogP contribution is -2.46. The largest absolute Gasteiger partial charge is 0.502 e. The molecule has 2 aliphatic rings. The third-order valence-electron chi connectivity index (χ3n) is 7.86. The van der Waals surface area contributed by atoms with Crippen molar-refractivity contribution in [3.63, 3.8) is 0 Å². The fourth-order valence-electron chi connectivity index (χ4n) is 5.94. The van der Waals surface area contributed by atoms with Gasteiger partial charge in [0.25, 0.3) is 5.56 Å². The van der Waals surface area contributed by atoms with Crippen molar-refractivity contribution >= 4 is 5.97 Å². The van der Waals surface area contributed by atoms with Gasteiger partial charge in [0.2, 0.25) is 11.2 Å². The number of pyridine rings is 1. The van der Waals surface area contributed by atoms with Crippen LogP contribution in [0.5, 0.6) is 5.75 Å². The topological polar surface area (TPSA) is 102 Å². The molecule has 0 spiro atoms.